The van der Waals surface area contributed by atoms with E-state index in [0.717, 1.165) is 0 Å². The molecule has 2 aromatic heterocycles. The maximum Gasteiger partial charge on any atom is 0.364 e. The highest BCUT2D eigenvalue weighted by Gasteiger charge is 2.13. The van der Waals surface area contributed by atoms with Crippen molar-refractivity contribution in [2.75, 3.05) is 0 Å². The molecule has 6 heteroatoms. The van der Waals surface area contributed by atoms with Crippen molar-refractivity contribution < 1.29 is 8.30 Å². The molecule has 3 aromatic rings. The number of aromatic nitrogens is 2. The first kappa shape index (κ1) is 9.41. The van der Waals surface area contributed by atoms with Gasteiger partial charge in [-0.2, -0.15) is 0 Å². The summed E-state index contributed by atoms with van der Waals surface area (Å²) in [5, 5.41) is 0.666. The van der Waals surface area contributed by atoms with Crippen LogP contribution in [0.2, 0.25) is 0 Å². The lowest BCUT2D eigenvalue weighted by Crippen LogP contribution is -1.99. The van der Waals surface area contributed by atoms with Gasteiger partial charge >= 0.3 is 5.63 Å². The van der Waals surface area contributed by atoms with Crippen LogP contribution in [0, 0.1) is 0 Å². The Kier molecular flexibility index (Phi) is 1.97. The van der Waals surface area contributed by atoms with Gasteiger partial charge in [0.05, 0.1) is 0 Å². The fraction of sp³-hybridized carbons (Fsp3) is 0. The Morgan fingerprint density at radius 2 is 2.19 bits per heavy atom. The van der Waals surface area contributed by atoms with Crippen LogP contribution in [0.3, 0.4) is 0 Å². The smallest absolute Gasteiger partial charge is 0.364 e. The summed E-state index contributed by atoms with van der Waals surface area (Å²) in [6.07, 6.45) is 1.26. The minimum absolute atomic E-state index is 0.00211. The molecule has 0 aliphatic rings. The van der Waals surface area contributed by atoms with Crippen LogP contribution < -0.4 is 5.63 Å². The Morgan fingerprint density at radius 3 is 3.00 bits per heavy atom. The predicted octanol–water partition coefficient (Wildman–Crippen LogP) is 2.52. The number of halogens is 1. The second-order valence-electron chi connectivity index (χ2n) is 3.22. The third-order valence-corrected chi connectivity index (χ3v) is 2.77. The van der Waals surface area contributed by atoms with Gasteiger partial charge in [-0.3, -0.25) is 0 Å². The summed E-state index contributed by atoms with van der Waals surface area (Å²) in [6, 6.07) is 6.97. The van der Waals surface area contributed by atoms with Crippen LogP contribution >= 0.6 is 12.3 Å². The van der Waals surface area contributed by atoms with Gasteiger partial charge in [0.25, 0.3) is 0 Å². The average Bonchev–Trinajstić information content (AvgIpc) is 2.74. The van der Waals surface area contributed by atoms with Crippen LogP contribution in [-0.4, -0.2) is 8.96 Å². The Hall–Kier alpha value is -1.82. The highest BCUT2D eigenvalue weighted by molar-refractivity contribution is 7.92. The molecule has 3 rings (SSSR count). The first-order chi connectivity index (χ1) is 7.81. The molecule has 0 saturated heterocycles. The zero-order valence-electron chi connectivity index (χ0n) is 7.88. The van der Waals surface area contributed by atoms with Crippen molar-refractivity contribution in [3.63, 3.8) is 0 Å². The number of nitrogens with zero attached hydrogens (tertiary/aromatic N) is 2. The molecular weight excluding hydrogens is 231 g/mol. The molecule has 0 spiro atoms. The summed E-state index contributed by atoms with van der Waals surface area (Å²) in [4.78, 5) is 15.4. The van der Waals surface area contributed by atoms with Crippen molar-refractivity contribution in [2.45, 2.75) is 0 Å². The SMILES string of the molecule is O=c1oc2ccccc2c2c1ncn2SF. The van der Waals surface area contributed by atoms with Crippen molar-refractivity contribution >= 4 is 34.3 Å². The Balaban J connectivity index is 2.65. The zero-order chi connectivity index (χ0) is 11.1. The third-order valence-electron chi connectivity index (χ3n) is 2.35. The summed E-state index contributed by atoms with van der Waals surface area (Å²) in [6.45, 7) is 0. The second kappa shape index (κ2) is 3.34. The maximum absolute atomic E-state index is 12.7. The van der Waals surface area contributed by atoms with Gasteiger partial charge in [-0.25, -0.2) is 13.8 Å². The van der Waals surface area contributed by atoms with Crippen molar-refractivity contribution in [3.8, 4) is 0 Å². The van der Waals surface area contributed by atoms with E-state index in [0.29, 0.717) is 16.5 Å². The lowest BCUT2D eigenvalue weighted by atomic mass is 10.2. The van der Waals surface area contributed by atoms with Gasteiger partial charge in [-0.1, -0.05) is 12.1 Å². The maximum atomic E-state index is 12.7. The fourth-order valence-corrected chi connectivity index (χ4v) is 2.02. The van der Waals surface area contributed by atoms with Crippen molar-refractivity contribution in [1.29, 1.82) is 0 Å². The molecule has 0 aliphatic carbocycles. The summed E-state index contributed by atoms with van der Waals surface area (Å²) >= 11 is 0.00211. The minimum Gasteiger partial charge on any atom is -0.421 e. The highest BCUT2D eigenvalue weighted by atomic mass is 32.2. The fourth-order valence-electron chi connectivity index (χ4n) is 1.68. The monoisotopic (exact) mass is 236 g/mol. The van der Waals surface area contributed by atoms with Gasteiger partial charge in [0.2, 0.25) is 0 Å². The number of imidazole rings is 1. The van der Waals surface area contributed by atoms with Crippen molar-refractivity contribution in [3.05, 3.63) is 41.0 Å². The molecule has 0 saturated carbocycles. The van der Waals surface area contributed by atoms with Gasteiger partial charge in [-0.15, -0.1) is 3.89 Å². The van der Waals surface area contributed by atoms with Crippen LogP contribution in [0.1, 0.15) is 0 Å². The van der Waals surface area contributed by atoms with E-state index in [1.54, 1.807) is 24.3 Å². The first-order valence-corrected chi connectivity index (χ1v) is 5.16. The van der Waals surface area contributed by atoms with E-state index < -0.39 is 5.63 Å². The Labute approximate surface area is 93.1 Å². The second-order valence-corrected chi connectivity index (χ2v) is 3.75. The summed E-state index contributed by atoms with van der Waals surface area (Å²) < 4.78 is 18.9. The molecule has 0 bridgehead atoms. The van der Waals surface area contributed by atoms with Crippen molar-refractivity contribution in [2.24, 2.45) is 0 Å². The van der Waals surface area contributed by atoms with Gasteiger partial charge in [0, 0.05) is 5.39 Å². The molecule has 0 unspecified atom stereocenters. The average molecular weight is 236 g/mol. The van der Waals surface area contributed by atoms with E-state index in [1.807, 2.05) is 0 Å². The summed E-state index contributed by atoms with van der Waals surface area (Å²) in [5.74, 6) is 0. The predicted molar refractivity (Wildman–Crippen MR) is 59.9 cm³/mol. The van der Waals surface area contributed by atoms with Crippen LogP contribution in [0.25, 0.3) is 22.0 Å². The highest BCUT2D eigenvalue weighted by Crippen LogP contribution is 2.25. The van der Waals surface area contributed by atoms with E-state index in [4.69, 9.17) is 4.42 Å². The number of hydrogen-bond donors (Lipinski definition) is 0. The standard InChI is InChI=1S/C10H5FN2O2S/c11-16-13-5-12-8-9(13)6-3-1-2-4-7(6)15-10(8)14/h1-5H. The number of para-hydroxylation sites is 1. The molecule has 0 atom stereocenters. The lowest BCUT2D eigenvalue weighted by Gasteiger charge is -1.99. The quantitative estimate of drug-likeness (QED) is 0.609. The van der Waals surface area contributed by atoms with Gasteiger partial charge in [0.1, 0.15) is 17.4 Å². The molecule has 2 heterocycles. The number of benzene rings is 1. The van der Waals surface area contributed by atoms with E-state index in [9.17, 15) is 8.68 Å². The van der Waals surface area contributed by atoms with Crippen molar-refractivity contribution in [1.82, 2.24) is 8.96 Å². The Bertz CT molecular complexity index is 734. The van der Waals surface area contributed by atoms with E-state index in [-0.39, 0.29) is 17.9 Å². The molecule has 0 fully saturated rings. The van der Waals surface area contributed by atoms with Crippen LogP contribution in [-0.2, 0) is 0 Å². The van der Waals surface area contributed by atoms with Crippen LogP contribution in [0.5, 0.6) is 0 Å². The van der Waals surface area contributed by atoms with E-state index in [2.05, 4.69) is 4.98 Å². The molecule has 0 amide bonds. The van der Waals surface area contributed by atoms with Crippen LogP contribution in [0.4, 0.5) is 3.89 Å². The van der Waals surface area contributed by atoms with Gasteiger partial charge in [0.15, 0.2) is 17.9 Å². The third kappa shape index (κ3) is 1.16. The number of rotatable bonds is 1. The Morgan fingerprint density at radius 1 is 1.38 bits per heavy atom. The summed E-state index contributed by atoms with van der Waals surface area (Å²) in [7, 11) is 0. The summed E-state index contributed by atoms with van der Waals surface area (Å²) in [5.41, 5.74) is 0.459. The molecule has 16 heavy (non-hydrogen) atoms. The molecule has 4 nitrogen and oxygen atoms in total. The largest absolute Gasteiger partial charge is 0.421 e. The van der Waals surface area contributed by atoms with E-state index in [1.165, 1.54) is 10.3 Å². The number of fused-ring (bicyclic) bond motifs is 3. The topological polar surface area (TPSA) is 48.0 Å². The minimum atomic E-state index is -0.554. The first-order valence-electron chi connectivity index (χ1n) is 4.49. The zero-order valence-corrected chi connectivity index (χ0v) is 8.70. The van der Waals surface area contributed by atoms with Crippen LogP contribution in [0.15, 0.2) is 39.8 Å². The van der Waals surface area contributed by atoms with Gasteiger partial charge < -0.3 is 4.42 Å². The van der Waals surface area contributed by atoms with Gasteiger partial charge in [-0.05, 0) is 12.1 Å². The number of hydrogen-bond acceptors (Lipinski definition) is 4. The molecular formula is C10H5FN2O2S. The molecule has 80 valence electrons. The molecule has 0 N–H and O–H groups in total. The molecule has 0 radical (unpaired) electrons. The molecule has 0 aliphatic heterocycles. The molecule has 1 aromatic carbocycles. The van der Waals surface area contributed by atoms with E-state index >= 15 is 0 Å². The normalized spacial score (nSPS) is 11.3. The lowest BCUT2D eigenvalue weighted by molar-refractivity contribution is 0.568.